The number of alkyl halides is 3. The molecule has 0 aliphatic carbocycles. The predicted octanol–water partition coefficient (Wildman–Crippen LogP) is 2.07. The summed E-state index contributed by atoms with van der Waals surface area (Å²) in [7, 11) is 0. The zero-order chi connectivity index (χ0) is 12.1. The molecule has 0 bridgehead atoms. The van der Waals surface area contributed by atoms with Gasteiger partial charge in [0, 0.05) is 0 Å². The largest absolute Gasteiger partial charge is 0.460 e. The number of halogens is 3. The highest BCUT2D eigenvalue weighted by Crippen LogP contribution is 2.14. The van der Waals surface area contributed by atoms with Gasteiger partial charge in [-0.25, -0.2) is 4.79 Å². The van der Waals surface area contributed by atoms with Gasteiger partial charge >= 0.3 is 12.1 Å². The minimum absolute atomic E-state index is 0.132. The fourth-order valence-electron chi connectivity index (χ4n) is 0.646. The summed E-state index contributed by atoms with van der Waals surface area (Å²) in [4.78, 5) is 11.0. The van der Waals surface area contributed by atoms with Gasteiger partial charge in [-0.1, -0.05) is 6.58 Å². The van der Waals surface area contributed by atoms with E-state index >= 15 is 0 Å². The zero-order valence-electron chi connectivity index (χ0n) is 8.56. The Balaban J connectivity index is 3.80. The van der Waals surface area contributed by atoms with Crippen molar-refractivity contribution in [2.24, 2.45) is 0 Å². The average molecular weight is 226 g/mol. The third-order valence-corrected chi connectivity index (χ3v) is 1.17. The van der Waals surface area contributed by atoms with Gasteiger partial charge in [0.2, 0.25) is 0 Å². The summed E-state index contributed by atoms with van der Waals surface area (Å²) in [5.41, 5.74) is -0.132. The minimum Gasteiger partial charge on any atom is -0.460 e. The fraction of sp³-hybridized carbons (Fsp3) is 0.667. The van der Waals surface area contributed by atoms with Crippen molar-refractivity contribution in [1.82, 2.24) is 0 Å². The fourth-order valence-corrected chi connectivity index (χ4v) is 0.646. The maximum absolute atomic E-state index is 11.6. The first-order valence-electron chi connectivity index (χ1n) is 4.25. The maximum Gasteiger partial charge on any atom is 0.411 e. The minimum atomic E-state index is -4.40. The lowest BCUT2D eigenvalue weighted by molar-refractivity contribution is -0.173. The summed E-state index contributed by atoms with van der Waals surface area (Å²) >= 11 is 0. The molecule has 0 heterocycles. The molecular formula is C9H13F3O3. The van der Waals surface area contributed by atoms with Crippen molar-refractivity contribution in [3.05, 3.63) is 12.2 Å². The number of carbonyl (C=O) groups is 1. The molecule has 3 nitrogen and oxygen atoms in total. The molecule has 0 atom stereocenters. The maximum atomic E-state index is 11.6. The van der Waals surface area contributed by atoms with E-state index in [4.69, 9.17) is 4.74 Å². The van der Waals surface area contributed by atoms with E-state index in [1.165, 1.54) is 0 Å². The Bertz CT molecular complexity index is 233. The summed E-state index contributed by atoms with van der Waals surface area (Å²) < 4.78 is 43.9. The van der Waals surface area contributed by atoms with E-state index in [1.807, 2.05) is 0 Å². The molecule has 0 unspecified atom stereocenters. The summed E-state index contributed by atoms with van der Waals surface area (Å²) in [6, 6.07) is 0. The second-order valence-electron chi connectivity index (χ2n) is 3.17. The van der Waals surface area contributed by atoms with Crippen molar-refractivity contribution >= 4 is 5.97 Å². The Hall–Kier alpha value is -1.04. The predicted molar refractivity (Wildman–Crippen MR) is 47.2 cm³/mol. The molecule has 0 saturated heterocycles. The number of ether oxygens (including phenoxy) is 2. The third-order valence-electron chi connectivity index (χ3n) is 1.17. The van der Waals surface area contributed by atoms with E-state index in [1.54, 1.807) is 13.8 Å². The number of hydrogen-bond donors (Lipinski definition) is 0. The van der Waals surface area contributed by atoms with E-state index in [0.29, 0.717) is 0 Å². The van der Waals surface area contributed by atoms with Crippen LogP contribution in [0.15, 0.2) is 12.2 Å². The van der Waals surface area contributed by atoms with Crippen LogP contribution in [0.4, 0.5) is 13.2 Å². The molecule has 0 radical (unpaired) electrons. The van der Waals surface area contributed by atoms with Crippen molar-refractivity contribution < 1.29 is 27.4 Å². The normalized spacial score (nSPS) is 11.6. The topological polar surface area (TPSA) is 35.5 Å². The number of carbonyl (C=O) groups excluding carboxylic acids is 1. The molecule has 0 aliphatic heterocycles. The van der Waals surface area contributed by atoms with Crippen LogP contribution in [0.5, 0.6) is 0 Å². The summed E-state index contributed by atoms with van der Waals surface area (Å²) in [5.74, 6) is -0.743. The van der Waals surface area contributed by atoms with Crippen LogP contribution in [0.2, 0.25) is 0 Å². The average Bonchev–Trinajstić information content (AvgIpc) is 2.00. The molecule has 0 N–H and O–H groups in total. The molecule has 0 fully saturated rings. The van der Waals surface area contributed by atoms with Crippen molar-refractivity contribution in [3.8, 4) is 0 Å². The molecular weight excluding hydrogens is 213 g/mol. The second kappa shape index (κ2) is 5.75. The number of rotatable bonds is 5. The van der Waals surface area contributed by atoms with Gasteiger partial charge in [0.25, 0.3) is 0 Å². The molecule has 0 aromatic heterocycles. The molecule has 88 valence electrons. The molecule has 6 heteroatoms. The Kier molecular flexibility index (Phi) is 5.35. The van der Waals surface area contributed by atoms with Crippen molar-refractivity contribution in [3.63, 3.8) is 0 Å². The lowest BCUT2D eigenvalue weighted by Crippen LogP contribution is -2.21. The molecule has 0 saturated carbocycles. The van der Waals surface area contributed by atoms with Crippen LogP contribution >= 0.6 is 0 Å². The summed E-state index contributed by atoms with van der Waals surface area (Å²) in [6.07, 6.45) is -4.74. The molecule has 0 aliphatic rings. The molecule has 0 aromatic rings. The van der Waals surface area contributed by atoms with Gasteiger partial charge in [0.05, 0.1) is 18.3 Å². The Morgan fingerprint density at radius 3 is 2.33 bits per heavy atom. The van der Waals surface area contributed by atoms with E-state index in [2.05, 4.69) is 11.3 Å². The number of hydrogen-bond acceptors (Lipinski definition) is 3. The quantitative estimate of drug-likeness (QED) is 0.531. The van der Waals surface area contributed by atoms with E-state index < -0.39 is 25.4 Å². The number of esters is 1. The Morgan fingerprint density at radius 2 is 1.93 bits per heavy atom. The van der Waals surface area contributed by atoms with Crippen LogP contribution in [0, 0.1) is 0 Å². The summed E-state index contributed by atoms with van der Waals surface area (Å²) in [5, 5.41) is 0. The van der Waals surface area contributed by atoms with Crippen molar-refractivity contribution in [2.75, 3.05) is 13.2 Å². The van der Waals surface area contributed by atoms with E-state index in [0.717, 1.165) is 0 Å². The monoisotopic (exact) mass is 226 g/mol. The Morgan fingerprint density at radius 1 is 1.40 bits per heavy atom. The van der Waals surface area contributed by atoms with Crippen LogP contribution in [0.1, 0.15) is 13.8 Å². The van der Waals surface area contributed by atoms with Crippen LogP contribution < -0.4 is 0 Å². The summed E-state index contributed by atoms with van der Waals surface area (Å²) in [6.45, 7) is 4.63. The van der Waals surface area contributed by atoms with Crippen LogP contribution in [0.25, 0.3) is 0 Å². The van der Waals surface area contributed by atoms with Gasteiger partial charge in [0.1, 0.15) is 6.61 Å². The highest BCUT2D eigenvalue weighted by molar-refractivity contribution is 5.88. The van der Waals surface area contributed by atoms with Gasteiger partial charge < -0.3 is 9.47 Å². The van der Waals surface area contributed by atoms with Crippen molar-refractivity contribution in [1.29, 1.82) is 0 Å². The van der Waals surface area contributed by atoms with Crippen LogP contribution in [-0.4, -0.2) is 31.5 Å². The lowest BCUT2D eigenvalue weighted by Gasteiger charge is -2.11. The van der Waals surface area contributed by atoms with Gasteiger partial charge in [-0.05, 0) is 13.8 Å². The first kappa shape index (κ1) is 14.0. The van der Waals surface area contributed by atoms with Gasteiger partial charge in [-0.15, -0.1) is 0 Å². The van der Waals surface area contributed by atoms with Crippen LogP contribution in [-0.2, 0) is 14.3 Å². The van der Waals surface area contributed by atoms with Crippen molar-refractivity contribution in [2.45, 2.75) is 26.1 Å². The SMILES string of the molecule is C=C(COCC(F)(F)F)C(=O)OC(C)C. The standard InChI is InChI=1S/C9H13F3O3/c1-6(2)15-8(13)7(3)4-14-5-9(10,11)12/h6H,3-5H2,1-2H3. The molecule has 0 aromatic carbocycles. The van der Waals surface area contributed by atoms with E-state index in [-0.39, 0.29) is 11.7 Å². The molecule has 0 amide bonds. The molecule has 0 spiro atoms. The van der Waals surface area contributed by atoms with Gasteiger partial charge in [-0.2, -0.15) is 13.2 Å². The lowest BCUT2D eigenvalue weighted by atomic mass is 10.3. The molecule has 0 rings (SSSR count). The van der Waals surface area contributed by atoms with Gasteiger partial charge in [0.15, 0.2) is 0 Å². The van der Waals surface area contributed by atoms with E-state index in [9.17, 15) is 18.0 Å². The van der Waals surface area contributed by atoms with Crippen LogP contribution in [0.3, 0.4) is 0 Å². The second-order valence-corrected chi connectivity index (χ2v) is 3.17. The highest BCUT2D eigenvalue weighted by Gasteiger charge is 2.27. The smallest absolute Gasteiger partial charge is 0.411 e. The third kappa shape index (κ3) is 7.99. The molecule has 15 heavy (non-hydrogen) atoms. The Labute approximate surface area is 85.9 Å². The zero-order valence-corrected chi connectivity index (χ0v) is 8.56. The van der Waals surface area contributed by atoms with Gasteiger partial charge in [-0.3, -0.25) is 0 Å². The highest BCUT2D eigenvalue weighted by atomic mass is 19.4. The first-order valence-corrected chi connectivity index (χ1v) is 4.25. The first-order chi connectivity index (χ1) is 6.72.